The molecule has 2 rings (SSSR count). The van der Waals surface area contributed by atoms with Crippen LogP contribution in [0.5, 0.6) is 0 Å². The highest BCUT2D eigenvalue weighted by atomic mass is 35.5. The zero-order chi connectivity index (χ0) is 12.8. The fourth-order valence-corrected chi connectivity index (χ4v) is 2.35. The van der Waals surface area contributed by atoms with Gasteiger partial charge in [0, 0.05) is 6.54 Å². The van der Waals surface area contributed by atoms with E-state index < -0.39 is 0 Å². The Morgan fingerprint density at radius 3 is 2.94 bits per heavy atom. The molecule has 0 unspecified atom stereocenters. The summed E-state index contributed by atoms with van der Waals surface area (Å²) in [5, 5.41) is 6.58. The summed E-state index contributed by atoms with van der Waals surface area (Å²) in [4.78, 5) is 15.8. The van der Waals surface area contributed by atoms with Crippen LogP contribution < -0.4 is 10.6 Å². The van der Waals surface area contributed by atoms with E-state index in [9.17, 15) is 4.79 Å². The number of piperidine rings is 1. The Morgan fingerprint density at radius 1 is 1.44 bits per heavy atom. The van der Waals surface area contributed by atoms with Crippen molar-refractivity contribution in [3.8, 4) is 0 Å². The third kappa shape index (κ3) is 3.96. The summed E-state index contributed by atoms with van der Waals surface area (Å²) in [6.07, 6.45) is 3.44. The second kappa shape index (κ2) is 6.71. The molecule has 98 valence electrons. The summed E-state index contributed by atoms with van der Waals surface area (Å²) < 4.78 is 0. The van der Waals surface area contributed by atoms with Crippen molar-refractivity contribution in [2.45, 2.75) is 19.3 Å². The molecular weight excluding hydrogens is 250 g/mol. The van der Waals surface area contributed by atoms with E-state index in [0.717, 1.165) is 25.4 Å². The molecule has 0 radical (unpaired) electrons. The largest absolute Gasteiger partial charge is 0.351 e. The van der Waals surface area contributed by atoms with Gasteiger partial charge in [-0.25, -0.2) is 4.98 Å². The van der Waals surface area contributed by atoms with Gasteiger partial charge >= 0.3 is 0 Å². The number of carbonyl (C=O) groups excluding carboxylic acids is 1. The van der Waals surface area contributed by atoms with Gasteiger partial charge in [0.1, 0.15) is 10.8 Å². The van der Waals surface area contributed by atoms with Crippen LogP contribution in [0.25, 0.3) is 0 Å². The Labute approximate surface area is 112 Å². The normalized spacial score (nSPS) is 16.5. The van der Waals surface area contributed by atoms with Gasteiger partial charge in [0.25, 0.3) is 5.91 Å². The number of nitrogens with one attached hydrogen (secondary N) is 2. The lowest BCUT2D eigenvalue weighted by Gasteiger charge is -2.22. The van der Waals surface area contributed by atoms with Crippen LogP contribution in [-0.4, -0.2) is 30.5 Å². The van der Waals surface area contributed by atoms with Crippen LogP contribution in [0.4, 0.5) is 0 Å². The molecule has 0 atom stereocenters. The van der Waals surface area contributed by atoms with Gasteiger partial charge in [-0.2, -0.15) is 0 Å². The van der Waals surface area contributed by atoms with E-state index in [0.29, 0.717) is 17.4 Å². The minimum atomic E-state index is -0.147. The van der Waals surface area contributed by atoms with Gasteiger partial charge in [-0.15, -0.1) is 0 Å². The Kier molecular flexibility index (Phi) is 4.96. The van der Waals surface area contributed by atoms with E-state index in [-0.39, 0.29) is 5.91 Å². The molecule has 0 bridgehead atoms. The lowest BCUT2D eigenvalue weighted by Crippen LogP contribution is -2.31. The number of rotatable bonds is 4. The van der Waals surface area contributed by atoms with Gasteiger partial charge in [0.15, 0.2) is 0 Å². The topological polar surface area (TPSA) is 54.0 Å². The molecule has 1 aliphatic heterocycles. The third-order valence-corrected chi connectivity index (χ3v) is 3.46. The van der Waals surface area contributed by atoms with Crippen molar-refractivity contribution in [2.75, 3.05) is 19.6 Å². The fraction of sp³-hybridized carbons (Fsp3) is 0.538. The highest BCUT2D eigenvalue weighted by Crippen LogP contribution is 2.14. The van der Waals surface area contributed by atoms with Crippen molar-refractivity contribution in [1.82, 2.24) is 15.6 Å². The van der Waals surface area contributed by atoms with Gasteiger partial charge in [0.05, 0.1) is 0 Å². The molecule has 2 heterocycles. The van der Waals surface area contributed by atoms with Crippen LogP contribution in [0, 0.1) is 5.92 Å². The van der Waals surface area contributed by atoms with Crippen LogP contribution in [0.15, 0.2) is 18.2 Å². The first-order valence-corrected chi connectivity index (χ1v) is 6.75. The summed E-state index contributed by atoms with van der Waals surface area (Å²) in [6, 6.07) is 5.07. The van der Waals surface area contributed by atoms with E-state index in [4.69, 9.17) is 11.6 Å². The SMILES string of the molecule is O=C(NCCC1CCNCC1)c1cccc(Cl)n1. The Bertz CT molecular complexity index is 405. The maximum atomic E-state index is 11.8. The first-order chi connectivity index (χ1) is 8.75. The van der Waals surface area contributed by atoms with Crippen molar-refractivity contribution in [2.24, 2.45) is 5.92 Å². The molecule has 2 N–H and O–H groups in total. The molecule has 1 saturated heterocycles. The summed E-state index contributed by atoms with van der Waals surface area (Å²) in [5.74, 6) is 0.574. The highest BCUT2D eigenvalue weighted by molar-refractivity contribution is 6.29. The molecule has 0 spiro atoms. The van der Waals surface area contributed by atoms with E-state index in [1.807, 2.05) is 0 Å². The molecule has 5 heteroatoms. The minimum absolute atomic E-state index is 0.147. The second-order valence-electron chi connectivity index (χ2n) is 4.58. The Hall–Kier alpha value is -1.13. The molecule has 1 aromatic rings. The van der Waals surface area contributed by atoms with E-state index in [1.165, 1.54) is 12.8 Å². The number of hydrogen-bond donors (Lipinski definition) is 2. The van der Waals surface area contributed by atoms with Gasteiger partial charge in [0.2, 0.25) is 0 Å². The summed E-state index contributed by atoms with van der Waals surface area (Å²) in [7, 11) is 0. The lowest BCUT2D eigenvalue weighted by atomic mass is 9.95. The number of carbonyl (C=O) groups is 1. The average Bonchev–Trinajstić information content (AvgIpc) is 2.40. The zero-order valence-corrected chi connectivity index (χ0v) is 11.0. The molecular formula is C13H18ClN3O. The number of pyridine rings is 1. The number of nitrogens with zero attached hydrogens (tertiary/aromatic N) is 1. The number of amides is 1. The number of hydrogen-bond acceptors (Lipinski definition) is 3. The quantitative estimate of drug-likeness (QED) is 0.819. The van der Waals surface area contributed by atoms with Crippen molar-refractivity contribution in [3.05, 3.63) is 29.0 Å². The van der Waals surface area contributed by atoms with Crippen LogP contribution in [-0.2, 0) is 0 Å². The maximum absolute atomic E-state index is 11.8. The zero-order valence-electron chi connectivity index (χ0n) is 10.3. The molecule has 4 nitrogen and oxygen atoms in total. The first-order valence-electron chi connectivity index (χ1n) is 6.37. The van der Waals surface area contributed by atoms with Crippen LogP contribution in [0.2, 0.25) is 5.15 Å². The van der Waals surface area contributed by atoms with Crippen LogP contribution >= 0.6 is 11.6 Å². The standard InChI is InChI=1S/C13H18ClN3O/c14-12-3-1-2-11(17-12)13(18)16-9-6-10-4-7-15-8-5-10/h1-3,10,15H,4-9H2,(H,16,18). The van der Waals surface area contributed by atoms with Crippen LogP contribution in [0.1, 0.15) is 29.8 Å². The predicted molar refractivity (Wildman–Crippen MR) is 71.8 cm³/mol. The molecule has 0 aliphatic carbocycles. The second-order valence-corrected chi connectivity index (χ2v) is 4.97. The Balaban J connectivity index is 1.74. The number of halogens is 1. The number of aromatic nitrogens is 1. The third-order valence-electron chi connectivity index (χ3n) is 3.24. The van der Waals surface area contributed by atoms with Crippen LogP contribution in [0.3, 0.4) is 0 Å². The Morgan fingerprint density at radius 2 is 2.22 bits per heavy atom. The van der Waals surface area contributed by atoms with Gasteiger partial charge in [-0.1, -0.05) is 17.7 Å². The highest BCUT2D eigenvalue weighted by Gasteiger charge is 2.13. The summed E-state index contributed by atoms with van der Waals surface area (Å²) >= 11 is 5.75. The summed E-state index contributed by atoms with van der Waals surface area (Å²) in [6.45, 7) is 2.89. The van der Waals surface area contributed by atoms with Crippen molar-refractivity contribution < 1.29 is 4.79 Å². The maximum Gasteiger partial charge on any atom is 0.269 e. The molecule has 0 saturated carbocycles. The van der Waals surface area contributed by atoms with Crippen molar-refractivity contribution in [1.29, 1.82) is 0 Å². The molecule has 18 heavy (non-hydrogen) atoms. The molecule has 1 aromatic heterocycles. The van der Waals surface area contributed by atoms with Gasteiger partial charge < -0.3 is 10.6 Å². The monoisotopic (exact) mass is 267 g/mol. The summed E-state index contributed by atoms with van der Waals surface area (Å²) in [5.41, 5.74) is 0.382. The first kappa shape index (κ1) is 13.3. The molecule has 1 fully saturated rings. The van der Waals surface area contributed by atoms with E-state index in [1.54, 1.807) is 18.2 Å². The van der Waals surface area contributed by atoms with Gasteiger partial charge in [-0.3, -0.25) is 4.79 Å². The van der Waals surface area contributed by atoms with Gasteiger partial charge in [-0.05, 0) is 50.4 Å². The molecule has 0 aromatic carbocycles. The molecule has 1 amide bonds. The van der Waals surface area contributed by atoms with E-state index >= 15 is 0 Å². The fourth-order valence-electron chi connectivity index (χ4n) is 2.19. The smallest absolute Gasteiger partial charge is 0.269 e. The van der Waals surface area contributed by atoms with Crippen molar-refractivity contribution in [3.63, 3.8) is 0 Å². The minimum Gasteiger partial charge on any atom is -0.351 e. The molecule has 1 aliphatic rings. The van der Waals surface area contributed by atoms with E-state index in [2.05, 4.69) is 15.6 Å². The lowest BCUT2D eigenvalue weighted by molar-refractivity contribution is 0.0945. The van der Waals surface area contributed by atoms with Crippen molar-refractivity contribution >= 4 is 17.5 Å². The predicted octanol–water partition coefficient (Wildman–Crippen LogP) is 1.85. The average molecular weight is 268 g/mol.